The van der Waals surface area contributed by atoms with Crippen molar-refractivity contribution >= 4 is 35.0 Å². The Bertz CT molecular complexity index is 632. The fourth-order valence-electron chi connectivity index (χ4n) is 2.81. The van der Waals surface area contributed by atoms with Crippen LogP contribution >= 0.6 is 23.2 Å². The van der Waals surface area contributed by atoms with E-state index < -0.39 is 6.10 Å². The molecule has 1 aliphatic carbocycles. The zero-order valence-electron chi connectivity index (χ0n) is 15.3. The Morgan fingerprint density at radius 2 is 2.08 bits per heavy atom. The van der Waals surface area contributed by atoms with E-state index in [9.17, 15) is 5.11 Å². The predicted molar refractivity (Wildman–Crippen MR) is 110 cm³/mol. The molecule has 144 valence electrons. The SMILES string of the molecule is CCCCNCC(O)CON=C1CCCCC1=Cc1ccc(Cl)c(Cl)c1. The predicted octanol–water partition coefficient (Wildman–Crippen LogP) is 5.07. The van der Waals surface area contributed by atoms with Gasteiger partial charge in [-0.2, -0.15) is 0 Å². The Kier molecular flexibility index (Phi) is 9.48. The third-order valence-electron chi connectivity index (χ3n) is 4.29. The van der Waals surface area contributed by atoms with E-state index in [1.165, 1.54) is 0 Å². The molecule has 0 aliphatic heterocycles. The molecule has 1 saturated carbocycles. The van der Waals surface area contributed by atoms with Gasteiger partial charge in [0.15, 0.2) is 0 Å². The highest BCUT2D eigenvalue weighted by Gasteiger charge is 2.15. The third kappa shape index (κ3) is 7.28. The van der Waals surface area contributed by atoms with E-state index in [4.69, 9.17) is 28.0 Å². The molecule has 1 unspecified atom stereocenters. The number of aliphatic hydroxyl groups is 1. The fourth-order valence-corrected chi connectivity index (χ4v) is 3.11. The molecule has 2 N–H and O–H groups in total. The van der Waals surface area contributed by atoms with Crippen molar-refractivity contribution in [3.8, 4) is 0 Å². The first-order valence-corrected chi connectivity index (χ1v) is 10.1. The van der Waals surface area contributed by atoms with Crippen LogP contribution in [-0.2, 0) is 4.84 Å². The number of aliphatic hydroxyl groups excluding tert-OH is 1. The number of nitrogens with one attached hydrogen (secondary N) is 1. The van der Waals surface area contributed by atoms with Crippen LogP contribution < -0.4 is 5.32 Å². The molecule has 2 rings (SSSR count). The van der Waals surface area contributed by atoms with Crippen LogP contribution in [-0.4, -0.2) is 36.6 Å². The van der Waals surface area contributed by atoms with Crippen molar-refractivity contribution in [1.29, 1.82) is 0 Å². The fraction of sp³-hybridized carbons (Fsp3) is 0.550. The van der Waals surface area contributed by atoms with Gasteiger partial charge in [0.05, 0.1) is 15.8 Å². The summed E-state index contributed by atoms with van der Waals surface area (Å²) in [6.07, 6.45) is 7.87. The zero-order valence-corrected chi connectivity index (χ0v) is 16.8. The molecule has 1 fully saturated rings. The lowest BCUT2D eigenvalue weighted by molar-refractivity contribution is 0.0401. The van der Waals surface area contributed by atoms with Gasteiger partial charge in [0, 0.05) is 6.54 Å². The summed E-state index contributed by atoms with van der Waals surface area (Å²) in [7, 11) is 0. The number of allylic oxidation sites excluding steroid dienone is 1. The molecule has 1 atom stereocenters. The highest BCUT2D eigenvalue weighted by Crippen LogP contribution is 2.27. The molecule has 0 amide bonds. The summed E-state index contributed by atoms with van der Waals surface area (Å²) in [6.45, 7) is 3.78. The van der Waals surface area contributed by atoms with Gasteiger partial charge in [0.25, 0.3) is 0 Å². The molecule has 26 heavy (non-hydrogen) atoms. The van der Waals surface area contributed by atoms with Gasteiger partial charge in [0.2, 0.25) is 0 Å². The van der Waals surface area contributed by atoms with Crippen LogP contribution in [0.3, 0.4) is 0 Å². The van der Waals surface area contributed by atoms with Crippen LogP contribution in [0.1, 0.15) is 51.0 Å². The molecule has 1 aliphatic rings. The first kappa shape index (κ1) is 21.2. The number of rotatable bonds is 9. The zero-order chi connectivity index (χ0) is 18.8. The van der Waals surface area contributed by atoms with E-state index in [1.54, 1.807) is 6.07 Å². The minimum absolute atomic E-state index is 0.197. The van der Waals surface area contributed by atoms with Crippen molar-refractivity contribution in [2.24, 2.45) is 5.16 Å². The normalized spacial score (nSPS) is 19.1. The number of hydrogen-bond donors (Lipinski definition) is 2. The van der Waals surface area contributed by atoms with Gasteiger partial charge in [-0.3, -0.25) is 0 Å². The second kappa shape index (κ2) is 11.6. The average Bonchev–Trinajstić information content (AvgIpc) is 2.63. The molecule has 0 saturated heterocycles. The molecular weight excluding hydrogens is 371 g/mol. The number of benzene rings is 1. The lowest BCUT2D eigenvalue weighted by atomic mass is 9.91. The minimum atomic E-state index is -0.553. The van der Waals surface area contributed by atoms with Gasteiger partial charge in [-0.25, -0.2) is 0 Å². The average molecular weight is 399 g/mol. The van der Waals surface area contributed by atoms with Gasteiger partial charge in [-0.15, -0.1) is 0 Å². The Balaban J connectivity index is 1.91. The molecule has 6 heteroatoms. The molecule has 1 aromatic carbocycles. The van der Waals surface area contributed by atoms with Gasteiger partial charge >= 0.3 is 0 Å². The number of oxime groups is 1. The standard InChI is InChI=1S/C20H28Cl2N2O2/c1-2-3-10-23-13-17(25)14-26-24-20-7-5-4-6-16(20)11-15-8-9-18(21)19(22)12-15/h8-9,11-12,17,23,25H,2-7,10,13-14H2,1H3. The maximum atomic E-state index is 9.94. The summed E-state index contributed by atoms with van der Waals surface area (Å²) in [6, 6.07) is 5.60. The van der Waals surface area contributed by atoms with Crippen molar-refractivity contribution in [2.75, 3.05) is 19.7 Å². The van der Waals surface area contributed by atoms with Crippen LogP contribution in [0.4, 0.5) is 0 Å². The van der Waals surface area contributed by atoms with E-state index in [-0.39, 0.29) is 6.61 Å². The maximum Gasteiger partial charge on any atom is 0.144 e. The van der Waals surface area contributed by atoms with Crippen LogP contribution in [0.2, 0.25) is 10.0 Å². The molecule has 4 nitrogen and oxygen atoms in total. The molecule has 0 radical (unpaired) electrons. The quantitative estimate of drug-likeness (QED) is 0.450. The van der Waals surface area contributed by atoms with Crippen LogP contribution in [0, 0.1) is 0 Å². The monoisotopic (exact) mass is 398 g/mol. The Morgan fingerprint density at radius 1 is 1.27 bits per heavy atom. The van der Waals surface area contributed by atoms with Crippen LogP contribution in [0.25, 0.3) is 6.08 Å². The summed E-state index contributed by atoms with van der Waals surface area (Å²) in [5.74, 6) is 0. The van der Waals surface area contributed by atoms with Crippen molar-refractivity contribution in [3.63, 3.8) is 0 Å². The topological polar surface area (TPSA) is 53.8 Å². The summed E-state index contributed by atoms with van der Waals surface area (Å²) in [5.41, 5.74) is 3.11. The van der Waals surface area contributed by atoms with Crippen molar-refractivity contribution in [3.05, 3.63) is 39.4 Å². The molecular formula is C20H28Cl2N2O2. The van der Waals surface area contributed by atoms with E-state index in [0.717, 1.165) is 61.9 Å². The Hall–Kier alpha value is -1.07. The first-order valence-electron chi connectivity index (χ1n) is 9.33. The van der Waals surface area contributed by atoms with E-state index in [0.29, 0.717) is 16.6 Å². The van der Waals surface area contributed by atoms with Gasteiger partial charge in [0.1, 0.15) is 12.7 Å². The van der Waals surface area contributed by atoms with Crippen molar-refractivity contribution in [1.82, 2.24) is 5.32 Å². The summed E-state index contributed by atoms with van der Waals surface area (Å²) in [5, 5.41) is 18.5. The Labute approximate surface area is 166 Å². The first-order chi connectivity index (χ1) is 12.6. The summed E-state index contributed by atoms with van der Waals surface area (Å²) in [4.78, 5) is 5.41. The lowest BCUT2D eigenvalue weighted by Gasteiger charge is -2.17. The highest BCUT2D eigenvalue weighted by atomic mass is 35.5. The molecule has 0 spiro atoms. The van der Waals surface area contributed by atoms with Gasteiger partial charge in [-0.1, -0.05) is 47.8 Å². The minimum Gasteiger partial charge on any atom is -0.393 e. The Morgan fingerprint density at radius 3 is 2.85 bits per heavy atom. The lowest BCUT2D eigenvalue weighted by Crippen LogP contribution is -2.30. The van der Waals surface area contributed by atoms with Crippen molar-refractivity contribution in [2.45, 2.75) is 51.6 Å². The number of unbranched alkanes of at least 4 members (excludes halogenated alkanes) is 1. The van der Waals surface area contributed by atoms with E-state index >= 15 is 0 Å². The van der Waals surface area contributed by atoms with Crippen LogP contribution in [0.5, 0.6) is 0 Å². The number of nitrogens with zero attached hydrogens (tertiary/aromatic N) is 1. The highest BCUT2D eigenvalue weighted by molar-refractivity contribution is 6.42. The van der Waals surface area contributed by atoms with E-state index in [1.807, 2.05) is 12.1 Å². The molecule has 1 aromatic rings. The third-order valence-corrected chi connectivity index (χ3v) is 5.03. The van der Waals surface area contributed by atoms with Crippen LogP contribution in [0.15, 0.2) is 28.9 Å². The smallest absolute Gasteiger partial charge is 0.144 e. The largest absolute Gasteiger partial charge is 0.393 e. The molecule has 0 bridgehead atoms. The second-order valence-electron chi connectivity index (χ2n) is 6.60. The molecule has 0 heterocycles. The molecule has 0 aromatic heterocycles. The summed E-state index contributed by atoms with van der Waals surface area (Å²) < 4.78 is 0. The second-order valence-corrected chi connectivity index (χ2v) is 7.41. The number of halogens is 2. The van der Waals surface area contributed by atoms with E-state index in [2.05, 4.69) is 23.5 Å². The van der Waals surface area contributed by atoms with Crippen molar-refractivity contribution < 1.29 is 9.94 Å². The van der Waals surface area contributed by atoms with Gasteiger partial charge < -0.3 is 15.3 Å². The number of hydrogen-bond acceptors (Lipinski definition) is 4. The van der Waals surface area contributed by atoms with Gasteiger partial charge in [-0.05, 0) is 68.0 Å². The maximum absolute atomic E-state index is 9.94. The summed E-state index contributed by atoms with van der Waals surface area (Å²) >= 11 is 12.1.